The molecule has 6 N–H and O–H groups in total. The molecule has 0 radical (unpaired) electrons. The average Bonchev–Trinajstić information content (AvgIpc) is 3.32. The van der Waals surface area contributed by atoms with Crippen molar-refractivity contribution in [2.75, 3.05) is 98.7 Å². The quantitative estimate of drug-likeness (QED) is 0.0639. The van der Waals surface area contributed by atoms with E-state index in [2.05, 4.69) is 21.3 Å². The number of imide groups is 1. The SMILES string of the molecule is NC(=O)COCNC(=O)CNC(=O)CNC(=O)CNC(=O)CN1CCOCCN(C(=O)CCN2C(=O)C=CC2=O)CCOCC1. The lowest BCUT2D eigenvalue weighted by Gasteiger charge is -2.26. The first-order valence-electron chi connectivity index (χ1n) is 14.2. The van der Waals surface area contributed by atoms with Crippen LogP contribution in [0, 0.1) is 0 Å². The lowest BCUT2D eigenvalue weighted by atomic mass is 10.3. The Kier molecular flexibility index (Phi) is 16.7. The van der Waals surface area contributed by atoms with Crippen LogP contribution in [0.15, 0.2) is 12.2 Å². The lowest BCUT2D eigenvalue weighted by molar-refractivity contribution is -0.139. The summed E-state index contributed by atoms with van der Waals surface area (Å²) in [7, 11) is 0. The molecule has 0 aliphatic carbocycles. The Bertz CT molecular complexity index is 1080. The minimum absolute atomic E-state index is 0.00496. The van der Waals surface area contributed by atoms with Gasteiger partial charge >= 0.3 is 0 Å². The summed E-state index contributed by atoms with van der Waals surface area (Å²) in [5, 5.41) is 9.37. The molecule has 2 aliphatic rings. The summed E-state index contributed by atoms with van der Waals surface area (Å²) in [4.78, 5) is 98.8. The molecule has 0 aromatic rings. The maximum Gasteiger partial charge on any atom is 0.253 e. The van der Waals surface area contributed by atoms with Crippen LogP contribution in [0.5, 0.6) is 0 Å². The Balaban J connectivity index is 1.60. The molecule has 1 saturated heterocycles. The van der Waals surface area contributed by atoms with Crippen LogP contribution in [-0.4, -0.2) is 161 Å². The minimum atomic E-state index is -0.696. The van der Waals surface area contributed by atoms with Crippen molar-refractivity contribution in [3.8, 4) is 0 Å². The molecule has 19 heteroatoms. The molecule has 45 heavy (non-hydrogen) atoms. The van der Waals surface area contributed by atoms with Gasteiger partial charge in [-0.25, -0.2) is 0 Å². The Hall–Kier alpha value is -4.46. The fourth-order valence-electron chi connectivity index (χ4n) is 3.86. The Morgan fingerprint density at radius 2 is 1.22 bits per heavy atom. The van der Waals surface area contributed by atoms with E-state index in [9.17, 15) is 38.4 Å². The first-order valence-corrected chi connectivity index (χ1v) is 14.2. The molecule has 19 nitrogen and oxygen atoms in total. The molecule has 0 aromatic heterocycles. The van der Waals surface area contributed by atoms with Crippen LogP contribution in [0.2, 0.25) is 0 Å². The van der Waals surface area contributed by atoms with Crippen molar-refractivity contribution >= 4 is 47.3 Å². The van der Waals surface area contributed by atoms with Gasteiger partial charge in [-0.05, 0) is 0 Å². The zero-order valence-corrected chi connectivity index (χ0v) is 24.9. The molecule has 2 aliphatic heterocycles. The molecule has 2 rings (SSSR count). The largest absolute Gasteiger partial charge is 0.378 e. The molecule has 0 unspecified atom stereocenters. The van der Waals surface area contributed by atoms with E-state index in [1.807, 2.05) is 0 Å². The van der Waals surface area contributed by atoms with Gasteiger partial charge in [-0.3, -0.25) is 48.2 Å². The van der Waals surface area contributed by atoms with Crippen LogP contribution < -0.4 is 27.0 Å². The van der Waals surface area contributed by atoms with Gasteiger partial charge in [0.25, 0.3) is 11.8 Å². The molecule has 0 bridgehead atoms. The van der Waals surface area contributed by atoms with Crippen LogP contribution in [0.4, 0.5) is 0 Å². The number of nitrogens with zero attached hydrogens (tertiary/aromatic N) is 3. The van der Waals surface area contributed by atoms with Gasteiger partial charge in [0.15, 0.2) is 0 Å². The number of amides is 8. The summed E-state index contributed by atoms with van der Waals surface area (Å²) in [6.45, 7) is 0.516. The monoisotopic (exact) mass is 640 g/mol. The number of hydrogen-bond donors (Lipinski definition) is 5. The Morgan fingerprint density at radius 3 is 1.76 bits per heavy atom. The second-order valence-electron chi connectivity index (χ2n) is 9.68. The highest BCUT2D eigenvalue weighted by molar-refractivity contribution is 6.13. The maximum atomic E-state index is 12.7. The highest BCUT2D eigenvalue weighted by atomic mass is 16.5. The summed E-state index contributed by atoms with van der Waals surface area (Å²) in [6.07, 6.45) is 2.33. The number of primary amides is 1. The molecule has 0 saturated carbocycles. The predicted molar refractivity (Wildman–Crippen MR) is 152 cm³/mol. The minimum Gasteiger partial charge on any atom is -0.378 e. The zero-order chi connectivity index (χ0) is 33.0. The van der Waals surface area contributed by atoms with Crippen LogP contribution in [0.1, 0.15) is 6.42 Å². The van der Waals surface area contributed by atoms with Gasteiger partial charge < -0.3 is 46.1 Å². The van der Waals surface area contributed by atoms with Gasteiger partial charge in [0.1, 0.15) is 13.3 Å². The van der Waals surface area contributed by atoms with E-state index in [-0.39, 0.29) is 91.4 Å². The molecule has 1 fully saturated rings. The van der Waals surface area contributed by atoms with Crippen molar-refractivity contribution in [2.45, 2.75) is 6.42 Å². The van der Waals surface area contributed by atoms with Crippen molar-refractivity contribution in [3.63, 3.8) is 0 Å². The summed E-state index contributed by atoms with van der Waals surface area (Å²) in [5.41, 5.74) is 4.88. The third-order valence-corrected chi connectivity index (χ3v) is 6.24. The van der Waals surface area contributed by atoms with Gasteiger partial charge in [0, 0.05) is 51.3 Å². The fourth-order valence-corrected chi connectivity index (χ4v) is 3.86. The summed E-state index contributed by atoms with van der Waals surface area (Å²) < 4.78 is 16.0. The topological polar surface area (TPSA) is 248 Å². The Morgan fingerprint density at radius 1 is 0.733 bits per heavy atom. The van der Waals surface area contributed by atoms with E-state index in [1.165, 1.54) is 12.2 Å². The second-order valence-corrected chi connectivity index (χ2v) is 9.68. The van der Waals surface area contributed by atoms with E-state index >= 15 is 0 Å². The van der Waals surface area contributed by atoms with E-state index in [1.54, 1.807) is 9.80 Å². The predicted octanol–water partition coefficient (Wildman–Crippen LogP) is -5.60. The van der Waals surface area contributed by atoms with Gasteiger partial charge in [-0.15, -0.1) is 0 Å². The van der Waals surface area contributed by atoms with E-state index < -0.39 is 47.9 Å². The highest BCUT2D eigenvalue weighted by Gasteiger charge is 2.25. The molecule has 250 valence electrons. The lowest BCUT2D eigenvalue weighted by Crippen LogP contribution is -2.46. The summed E-state index contributed by atoms with van der Waals surface area (Å²) >= 11 is 0. The third-order valence-electron chi connectivity index (χ3n) is 6.24. The van der Waals surface area contributed by atoms with Crippen molar-refractivity contribution in [1.29, 1.82) is 0 Å². The summed E-state index contributed by atoms with van der Waals surface area (Å²) in [5.74, 6) is -4.08. The fraction of sp³-hybridized carbons (Fsp3) is 0.615. The van der Waals surface area contributed by atoms with E-state index in [0.717, 1.165) is 4.90 Å². The number of nitrogens with two attached hydrogens (primary N) is 1. The van der Waals surface area contributed by atoms with Crippen molar-refractivity contribution in [1.82, 2.24) is 36.0 Å². The first kappa shape index (κ1) is 36.7. The van der Waals surface area contributed by atoms with Crippen molar-refractivity contribution < 1.29 is 52.6 Å². The van der Waals surface area contributed by atoms with Crippen LogP contribution in [0.3, 0.4) is 0 Å². The number of nitrogens with one attached hydrogen (secondary N) is 4. The van der Waals surface area contributed by atoms with Gasteiger partial charge in [-0.2, -0.15) is 0 Å². The zero-order valence-electron chi connectivity index (χ0n) is 24.9. The van der Waals surface area contributed by atoms with Crippen molar-refractivity contribution in [3.05, 3.63) is 12.2 Å². The normalized spacial score (nSPS) is 16.4. The maximum absolute atomic E-state index is 12.7. The number of rotatable bonds is 15. The first-order chi connectivity index (χ1) is 21.5. The molecule has 0 aromatic carbocycles. The number of carbonyl (C=O) groups is 8. The molecular formula is C26H40N8O11. The second kappa shape index (κ2) is 20.5. The van der Waals surface area contributed by atoms with E-state index in [0.29, 0.717) is 13.1 Å². The van der Waals surface area contributed by atoms with Gasteiger partial charge in [-0.1, -0.05) is 0 Å². The Labute approximate surface area is 259 Å². The van der Waals surface area contributed by atoms with Crippen LogP contribution in [0.25, 0.3) is 0 Å². The highest BCUT2D eigenvalue weighted by Crippen LogP contribution is 2.06. The van der Waals surface area contributed by atoms with Crippen molar-refractivity contribution in [2.24, 2.45) is 5.73 Å². The summed E-state index contributed by atoms with van der Waals surface area (Å²) in [6, 6.07) is 0. The molecule has 8 amide bonds. The smallest absolute Gasteiger partial charge is 0.253 e. The van der Waals surface area contributed by atoms with Crippen LogP contribution >= 0.6 is 0 Å². The third kappa shape index (κ3) is 15.7. The number of carbonyl (C=O) groups excluding carboxylic acids is 8. The van der Waals surface area contributed by atoms with Gasteiger partial charge in [0.05, 0.1) is 52.6 Å². The number of hydrogen-bond acceptors (Lipinski definition) is 12. The standard InChI is InChI=1S/C26H40N8O11/c27-19(35)17-45-18-31-22(38)15-29-20(36)13-28-21(37)14-30-23(39)16-32-5-9-43-11-7-33(8-12-44-10-6-32)24(40)3-4-34-25(41)1-2-26(34)42/h1-2H,3-18H2,(H2,27,35)(H,28,37)(H,29,36)(H,30,39)(H,31,38). The van der Waals surface area contributed by atoms with E-state index in [4.69, 9.17) is 19.9 Å². The molecule has 2 heterocycles. The number of ether oxygens (including phenoxy) is 3. The van der Waals surface area contributed by atoms with Crippen LogP contribution in [-0.2, 0) is 52.6 Å². The molecule has 0 atom stereocenters. The molecule has 0 spiro atoms. The average molecular weight is 641 g/mol. The molecular weight excluding hydrogens is 600 g/mol. The van der Waals surface area contributed by atoms with Gasteiger partial charge in [0.2, 0.25) is 35.4 Å².